The largest absolute Gasteiger partial charge is 0.444 e. The first-order valence-corrected chi connectivity index (χ1v) is 8.11. The van der Waals surface area contributed by atoms with E-state index >= 15 is 0 Å². The van der Waals surface area contributed by atoms with Crippen LogP contribution < -0.4 is 16.0 Å². The number of benzene rings is 2. The standard InChI is InChI=1S/C18H18ClN3O3/c1-18(2,3)25-17(24)20-11-5-7-13-15(9-11)21-14-8-10(19)4-6-12(14)16(23)22-13/h4-9,21H,1-3H3,(H,20,24)(H,22,23). The summed E-state index contributed by atoms with van der Waals surface area (Å²) >= 11 is 6.02. The van der Waals surface area contributed by atoms with Gasteiger partial charge in [-0.05, 0) is 57.2 Å². The van der Waals surface area contributed by atoms with E-state index in [2.05, 4.69) is 16.0 Å². The fraction of sp³-hybridized carbons (Fsp3) is 0.222. The number of anilines is 4. The fourth-order valence-electron chi connectivity index (χ4n) is 2.41. The highest BCUT2D eigenvalue weighted by molar-refractivity contribution is 6.31. The molecule has 3 N–H and O–H groups in total. The van der Waals surface area contributed by atoms with E-state index in [1.807, 2.05) is 0 Å². The molecule has 7 heteroatoms. The third-order valence-corrected chi connectivity index (χ3v) is 3.64. The van der Waals surface area contributed by atoms with E-state index in [4.69, 9.17) is 16.3 Å². The number of rotatable bonds is 1. The Labute approximate surface area is 150 Å². The normalized spacial score (nSPS) is 12.9. The quantitative estimate of drug-likeness (QED) is 0.669. The number of nitrogens with one attached hydrogen (secondary N) is 3. The SMILES string of the molecule is CC(C)(C)OC(=O)Nc1ccc2c(c1)Nc1cc(Cl)ccc1C(=O)N2. The number of hydrogen-bond donors (Lipinski definition) is 3. The summed E-state index contributed by atoms with van der Waals surface area (Å²) < 4.78 is 5.24. The van der Waals surface area contributed by atoms with Crippen LogP contribution in [-0.4, -0.2) is 17.6 Å². The van der Waals surface area contributed by atoms with Gasteiger partial charge in [0.2, 0.25) is 0 Å². The molecular formula is C18H18ClN3O3. The molecule has 0 saturated carbocycles. The Bertz CT molecular complexity index is 859. The monoisotopic (exact) mass is 359 g/mol. The lowest BCUT2D eigenvalue weighted by Crippen LogP contribution is -2.27. The van der Waals surface area contributed by atoms with E-state index < -0.39 is 11.7 Å². The Hall–Kier alpha value is -2.73. The van der Waals surface area contributed by atoms with Crippen molar-refractivity contribution in [3.63, 3.8) is 0 Å². The molecule has 2 aromatic carbocycles. The molecule has 1 aliphatic rings. The van der Waals surface area contributed by atoms with Crippen molar-refractivity contribution in [3.8, 4) is 0 Å². The molecule has 0 unspecified atom stereocenters. The van der Waals surface area contributed by atoms with Crippen molar-refractivity contribution in [1.29, 1.82) is 0 Å². The van der Waals surface area contributed by atoms with Crippen LogP contribution in [0.25, 0.3) is 0 Å². The van der Waals surface area contributed by atoms with E-state index in [9.17, 15) is 9.59 Å². The summed E-state index contributed by atoms with van der Waals surface area (Å²) in [5.74, 6) is -0.231. The topological polar surface area (TPSA) is 79.5 Å². The highest BCUT2D eigenvalue weighted by Crippen LogP contribution is 2.35. The Morgan fingerprint density at radius 1 is 1.04 bits per heavy atom. The molecule has 0 saturated heterocycles. The average molecular weight is 360 g/mol. The minimum atomic E-state index is -0.586. The van der Waals surface area contributed by atoms with Gasteiger partial charge in [-0.1, -0.05) is 11.6 Å². The van der Waals surface area contributed by atoms with Gasteiger partial charge in [0.1, 0.15) is 5.60 Å². The number of carbonyl (C=O) groups excluding carboxylic acids is 2. The van der Waals surface area contributed by atoms with Gasteiger partial charge >= 0.3 is 6.09 Å². The zero-order chi connectivity index (χ0) is 18.2. The number of carbonyl (C=O) groups is 2. The lowest BCUT2D eigenvalue weighted by molar-refractivity contribution is 0.0635. The number of fused-ring (bicyclic) bond motifs is 2. The van der Waals surface area contributed by atoms with Crippen molar-refractivity contribution in [1.82, 2.24) is 0 Å². The van der Waals surface area contributed by atoms with Crippen molar-refractivity contribution >= 4 is 46.4 Å². The van der Waals surface area contributed by atoms with Crippen molar-refractivity contribution < 1.29 is 14.3 Å². The molecule has 1 heterocycles. The number of hydrogen-bond acceptors (Lipinski definition) is 4. The van der Waals surface area contributed by atoms with E-state index in [-0.39, 0.29) is 5.91 Å². The maximum Gasteiger partial charge on any atom is 0.412 e. The number of ether oxygens (including phenoxy) is 1. The van der Waals surface area contributed by atoms with Gasteiger partial charge < -0.3 is 15.4 Å². The minimum absolute atomic E-state index is 0.231. The number of halogens is 1. The first-order valence-electron chi connectivity index (χ1n) is 7.73. The third kappa shape index (κ3) is 4.03. The first-order chi connectivity index (χ1) is 11.7. The summed E-state index contributed by atoms with van der Waals surface area (Å²) in [7, 11) is 0. The molecule has 25 heavy (non-hydrogen) atoms. The second kappa shape index (κ2) is 6.29. The molecule has 0 aliphatic carbocycles. The molecule has 6 nitrogen and oxygen atoms in total. The molecule has 0 bridgehead atoms. The molecular weight excluding hydrogens is 342 g/mol. The summed E-state index contributed by atoms with van der Waals surface area (Å²) in [4.78, 5) is 24.2. The molecule has 0 fully saturated rings. The lowest BCUT2D eigenvalue weighted by atomic mass is 10.1. The van der Waals surface area contributed by atoms with Gasteiger partial charge in [0.25, 0.3) is 5.91 Å². The van der Waals surface area contributed by atoms with Gasteiger partial charge in [0, 0.05) is 10.7 Å². The molecule has 1 aliphatic heterocycles. The van der Waals surface area contributed by atoms with Crippen LogP contribution in [-0.2, 0) is 4.74 Å². The highest BCUT2D eigenvalue weighted by atomic mass is 35.5. The third-order valence-electron chi connectivity index (χ3n) is 3.41. The van der Waals surface area contributed by atoms with Gasteiger partial charge in [0.15, 0.2) is 0 Å². The Morgan fingerprint density at radius 2 is 1.80 bits per heavy atom. The maximum absolute atomic E-state index is 12.3. The van der Waals surface area contributed by atoms with Crippen LogP contribution in [0.5, 0.6) is 0 Å². The fourth-order valence-corrected chi connectivity index (χ4v) is 2.58. The summed E-state index contributed by atoms with van der Waals surface area (Å²) in [6.45, 7) is 5.38. The first kappa shape index (κ1) is 17.1. The molecule has 2 amide bonds. The van der Waals surface area contributed by atoms with E-state index in [1.165, 1.54) is 0 Å². The van der Waals surface area contributed by atoms with Crippen LogP contribution in [0.3, 0.4) is 0 Å². The predicted octanol–water partition coefficient (Wildman–Crippen LogP) is 5.00. The zero-order valence-corrected chi connectivity index (χ0v) is 14.8. The van der Waals surface area contributed by atoms with Gasteiger partial charge in [-0.25, -0.2) is 4.79 Å². The molecule has 0 atom stereocenters. The van der Waals surface area contributed by atoms with Crippen LogP contribution in [0.2, 0.25) is 5.02 Å². The summed E-state index contributed by atoms with van der Waals surface area (Å²) in [6.07, 6.45) is -0.548. The van der Waals surface area contributed by atoms with Gasteiger partial charge in [-0.15, -0.1) is 0 Å². The van der Waals surface area contributed by atoms with Crippen molar-refractivity contribution in [2.45, 2.75) is 26.4 Å². The number of amides is 2. The maximum atomic E-state index is 12.3. The van der Waals surface area contributed by atoms with Gasteiger partial charge in [0.05, 0.1) is 22.6 Å². The minimum Gasteiger partial charge on any atom is -0.444 e. The molecule has 0 spiro atoms. The molecule has 2 aromatic rings. The van der Waals surface area contributed by atoms with Crippen LogP contribution >= 0.6 is 11.6 Å². The second-order valence-corrected chi connectivity index (χ2v) is 7.09. The predicted molar refractivity (Wildman–Crippen MR) is 99.0 cm³/mol. The van der Waals surface area contributed by atoms with Crippen molar-refractivity contribution in [2.24, 2.45) is 0 Å². The van der Waals surface area contributed by atoms with Crippen LogP contribution in [0.15, 0.2) is 36.4 Å². The van der Waals surface area contributed by atoms with Gasteiger partial charge in [-0.2, -0.15) is 0 Å². The highest BCUT2D eigenvalue weighted by Gasteiger charge is 2.20. The molecule has 130 valence electrons. The van der Waals surface area contributed by atoms with Crippen LogP contribution in [0, 0.1) is 0 Å². The van der Waals surface area contributed by atoms with Crippen molar-refractivity contribution in [2.75, 3.05) is 16.0 Å². The van der Waals surface area contributed by atoms with Crippen LogP contribution in [0.4, 0.5) is 27.5 Å². The zero-order valence-electron chi connectivity index (χ0n) is 14.1. The Morgan fingerprint density at radius 3 is 2.52 bits per heavy atom. The summed E-state index contributed by atoms with van der Waals surface area (Å²) in [5, 5.41) is 9.20. The van der Waals surface area contributed by atoms with E-state index in [0.717, 1.165) is 0 Å². The second-order valence-electron chi connectivity index (χ2n) is 6.66. The van der Waals surface area contributed by atoms with Gasteiger partial charge in [-0.3, -0.25) is 10.1 Å². The molecule has 0 aromatic heterocycles. The Balaban J connectivity index is 1.88. The average Bonchev–Trinajstić information content (AvgIpc) is 2.60. The lowest BCUT2D eigenvalue weighted by Gasteiger charge is -2.20. The Kier molecular flexibility index (Phi) is 4.30. The van der Waals surface area contributed by atoms with Crippen molar-refractivity contribution in [3.05, 3.63) is 47.0 Å². The van der Waals surface area contributed by atoms with Crippen LogP contribution in [0.1, 0.15) is 31.1 Å². The summed E-state index contributed by atoms with van der Waals surface area (Å²) in [5.41, 5.74) is 2.29. The van der Waals surface area contributed by atoms with E-state index in [0.29, 0.717) is 33.3 Å². The molecule has 0 radical (unpaired) electrons. The molecule has 3 rings (SSSR count). The summed E-state index contributed by atoms with van der Waals surface area (Å²) in [6, 6.07) is 10.1. The van der Waals surface area contributed by atoms with E-state index in [1.54, 1.807) is 57.2 Å². The smallest absolute Gasteiger partial charge is 0.412 e.